The SMILES string of the molecule is O=C(O)c1cccc2c(N=Nc3ncnc4ccccc34)c(O)[nH]c12. The molecule has 0 aliphatic rings. The van der Waals surface area contributed by atoms with Crippen molar-refractivity contribution in [2.24, 2.45) is 10.2 Å². The minimum Gasteiger partial charge on any atom is -0.493 e. The molecule has 25 heavy (non-hydrogen) atoms. The third-order valence-electron chi connectivity index (χ3n) is 3.78. The topological polar surface area (TPSA) is 124 Å². The number of benzene rings is 2. The maximum Gasteiger partial charge on any atom is 0.337 e. The zero-order valence-corrected chi connectivity index (χ0v) is 12.7. The van der Waals surface area contributed by atoms with Gasteiger partial charge in [-0.1, -0.05) is 24.3 Å². The third kappa shape index (κ3) is 2.45. The lowest BCUT2D eigenvalue weighted by Crippen LogP contribution is -1.96. The summed E-state index contributed by atoms with van der Waals surface area (Å²) < 4.78 is 0. The van der Waals surface area contributed by atoms with Gasteiger partial charge in [-0.05, 0) is 18.2 Å². The van der Waals surface area contributed by atoms with Crippen molar-refractivity contribution in [3.63, 3.8) is 0 Å². The lowest BCUT2D eigenvalue weighted by molar-refractivity contribution is 0.0699. The first-order valence-electron chi connectivity index (χ1n) is 7.33. The first kappa shape index (κ1) is 14.8. The van der Waals surface area contributed by atoms with Crippen molar-refractivity contribution in [1.29, 1.82) is 0 Å². The van der Waals surface area contributed by atoms with Gasteiger partial charge in [0.05, 0.1) is 16.6 Å². The van der Waals surface area contributed by atoms with Crippen LogP contribution in [-0.2, 0) is 0 Å². The summed E-state index contributed by atoms with van der Waals surface area (Å²) in [4.78, 5) is 22.2. The highest BCUT2D eigenvalue weighted by Gasteiger charge is 2.16. The molecule has 4 rings (SSSR count). The molecule has 2 aromatic carbocycles. The summed E-state index contributed by atoms with van der Waals surface area (Å²) in [6.45, 7) is 0. The Morgan fingerprint density at radius 2 is 1.80 bits per heavy atom. The van der Waals surface area contributed by atoms with E-state index in [0.717, 1.165) is 10.9 Å². The van der Waals surface area contributed by atoms with E-state index in [1.54, 1.807) is 12.1 Å². The quantitative estimate of drug-likeness (QED) is 0.490. The van der Waals surface area contributed by atoms with E-state index in [1.165, 1.54) is 12.4 Å². The highest BCUT2D eigenvalue weighted by molar-refractivity contribution is 6.06. The number of H-pyrrole nitrogens is 1. The number of hydrogen-bond acceptors (Lipinski definition) is 6. The number of rotatable bonds is 3. The van der Waals surface area contributed by atoms with Gasteiger partial charge >= 0.3 is 5.97 Å². The number of para-hydroxylation sites is 2. The first-order chi connectivity index (χ1) is 12.1. The van der Waals surface area contributed by atoms with Crippen molar-refractivity contribution in [1.82, 2.24) is 15.0 Å². The number of carboxylic acid groups (broad SMARTS) is 1. The van der Waals surface area contributed by atoms with Gasteiger partial charge in [0.25, 0.3) is 0 Å². The summed E-state index contributed by atoms with van der Waals surface area (Å²) in [6.07, 6.45) is 1.38. The number of fused-ring (bicyclic) bond motifs is 2. The molecule has 0 amide bonds. The van der Waals surface area contributed by atoms with E-state index >= 15 is 0 Å². The molecule has 4 aromatic rings. The Labute approximate surface area is 140 Å². The minimum absolute atomic E-state index is 0.0433. The van der Waals surface area contributed by atoms with Crippen LogP contribution in [0.3, 0.4) is 0 Å². The van der Waals surface area contributed by atoms with Crippen molar-refractivity contribution in [2.75, 3.05) is 0 Å². The Bertz CT molecular complexity index is 1140. The molecule has 122 valence electrons. The van der Waals surface area contributed by atoms with E-state index in [4.69, 9.17) is 0 Å². The molecule has 0 bridgehead atoms. The smallest absolute Gasteiger partial charge is 0.337 e. The van der Waals surface area contributed by atoms with Crippen LogP contribution in [0.1, 0.15) is 10.4 Å². The Hall–Kier alpha value is -3.81. The van der Waals surface area contributed by atoms with E-state index in [9.17, 15) is 15.0 Å². The molecule has 0 spiro atoms. The summed E-state index contributed by atoms with van der Waals surface area (Å²) in [5, 5.41) is 28.7. The first-order valence-corrected chi connectivity index (χ1v) is 7.33. The minimum atomic E-state index is -1.10. The van der Waals surface area contributed by atoms with Crippen molar-refractivity contribution in [3.8, 4) is 5.88 Å². The number of aromatic nitrogens is 3. The van der Waals surface area contributed by atoms with Gasteiger partial charge in [0.1, 0.15) is 6.33 Å². The summed E-state index contributed by atoms with van der Waals surface area (Å²) in [5.41, 5.74) is 1.21. The van der Waals surface area contributed by atoms with Crippen LogP contribution in [0.25, 0.3) is 21.8 Å². The molecule has 0 saturated carbocycles. The molecule has 0 unspecified atom stereocenters. The fourth-order valence-corrected chi connectivity index (χ4v) is 2.64. The van der Waals surface area contributed by atoms with Gasteiger partial charge in [-0.2, -0.15) is 0 Å². The van der Waals surface area contributed by atoms with Gasteiger partial charge in [0.15, 0.2) is 11.5 Å². The largest absolute Gasteiger partial charge is 0.493 e. The number of nitrogens with one attached hydrogen (secondary N) is 1. The second kappa shape index (κ2) is 5.68. The van der Waals surface area contributed by atoms with Crippen LogP contribution in [-0.4, -0.2) is 31.1 Å². The lowest BCUT2D eigenvalue weighted by Gasteiger charge is -1.98. The normalized spacial score (nSPS) is 11.5. The van der Waals surface area contributed by atoms with E-state index in [0.29, 0.717) is 11.2 Å². The molecule has 2 aromatic heterocycles. The molecule has 3 N–H and O–H groups in total. The number of azo groups is 1. The van der Waals surface area contributed by atoms with Crippen LogP contribution < -0.4 is 0 Å². The molecule has 8 heteroatoms. The fraction of sp³-hybridized carbons (Fsp3) is 0. The Kier molecular flexibility index (Phi) is 3.35. The molecule has 8 nitrogen and oxygen atoms in total. The predicted octanol–water partition coefficient (Wildman–Crippen LogP) is 3.93. The van der Waals surface area contributed by atoms with E-state index in [-0.39, 0.29) is 22.6 Å². The van der Waals surface area contributed by atoms with Crippen LogP contribution in [0.15, 0.2) is 59.0 Å². The van der Waals surface area contributed by atoms with E-state index < -0.39 is 5.97 Å². The number of aromatic carboxylic acids is 1. The summed E-state index contributed by atoms with van der Waals surface area (Å²) in [6, 6.07) is 12.0. The number of hydrogen-bond donors (Lipinski definition) is 3. The van der Waals surface area contributed by atoms with Crippen LogP contribution in [0, 0.1) is 0 Å². The highest BCUT2D eigenvalue weighted by Crippen LogP contribution is 2.37. The standard InChI is InChI=1S/C17H11N5O3/c23-16-14(10-5-3-6-11(17(24)25)13(10)20-16)21-22-15-9-4-1-2-7-12(9)18-8-19-15/h1-8,20,23H,(H,24,25). The second-order valence-electron chi connectivity index (χ2n) is 5.27. The number of nitrogens with zero attached hydrogens (tertiary/aromatic N) is 4. The maximum atomic E-state index is 11.3. The molecule has 0 aliphatic heterocycles. The van der Waals surface area contributed by atoms with Gasteiger partial charge in [-0.3, -0.25) is 0 Å². The summed E-state index contributed by atoms with van der Waals surface area (Å²) >= 11 is 0. The lowest BCUT2D eigenvalue weighted by atomic mass is 10.1. The van der Waals surface area contributed by atoms with Crippen LogP contribution in [0.5, 0.6) is 5.88 Å². The molecule has 0 saturated heterocycles. The second-order valence-corrected chi connectivity index (χ2v) is 5.27. The van der Waals surface area contributed by atoms with Gasteiger partial charge in [-0.25, -0.2) is 14.8 Å². The average Bonchev–Trinajstić information content (AvgIpc) is 2.95. The molecular formula is C17H11N5O3. The van der Waals surface area contributed by atoms with Crippen LogP contribution in [0.4, 0.5) is 11.5 Å². The summed E-state index contributed by atoms with van der Waals surface area (Å²) in [5.74, 6) is -1.00. The molecule has 0 radical (unpaired) electrons. The van der Waals surface area contributed by atoms with Crippen LogP contribution in [0.2, 0.25) is 0 Å². The highest BCUT2D eigenvalue weighted by atomic mass is 16.4. The molecule has 2 heterocycles. The monoisotopic (exact) mass is 333 g/mol. The number of aromatic amines is 1. The summed E-state index contributed by atoms with van der Waals surface area (Å²) in [7, 11) is 0. The fourth-order valence-electron chi connectivity index (χ4n) is 2.64. The average molecular weight is 333 g/mol. The zero-order valence-electron chi connectivity index (χ0n) is 12.7. The Balaban J connectivity index is 1.85. The van der Waals surface area contributed by atoms with Crippen molar-refractivity contribution < 1.29 is 15.0 Å². The predicted molar refractivity (Wildman–Crippen MR) is 90.6 cm³/mol. The zero-order chi connectivity index (χ0) is 17.4. The third-order valence-corrected chi connectivity index (χ3v) is 3.78. The molecule has 0 atom stereocenters. The van der Waals surface area contributed by atoms with Crippen molar-refractivity contribution >= 4 is 39.3 Å². The van der Waals surface area contributed by atoms with Gasteiger partial charge in [-0.15, -0.1) is 10.2 Å². The number of carbonyl (C=O) groups is 1. The van der Waals surface area contributed by atoms with Gasteiger partial charge < -0.3 is 15.2 Å². The van der Waals surface area contributed by atoms with Crippen molar-refractivity contribution in [3.05, 3.63) is 54.4 Å². The maximum absolute atomic E-state index is 11.3. The van der Waals surface area contributed by atoms with Gasteiger partial charge in [0, 0.05) is 10.8 Å². The van der Waals surface area contributed by atoms with Crippen molar-refractivity contribution in [2.45, 2.75) is 0 Å². The Morgan fingerprint density at radius 3 is 2.64 bits per heavy atom. The van der Waals surface area contributed by atoms with E-state index in [2.05, 4.69) is 25.2 Å². The molecule has 0 aliphatic carbocycles. The number of carboxylic acids is 1. The number of aromatic hydroxyl groups is 1. The van der Waals surface area contributed by atoms with Crippen LogP contribution >= 0.6 is 0 Å². The molecular weight excluding hydrogens is 322 g/mol. The van der Waals surface area contributed by atoms with E-state index in [1.807, 2.05) is 24.3 Å². The van der Waals surface area contributed by atoms with Gasteiger partial charge in [0.2, 0.25) is 5.88 Å². The molecule has 0 fully saturated rings. The Morgan fingerprint density at radius 1 is 1.00 bits per heavy atom.